The number of thiol groups is 1. The van der Waals surface area contributed by atoms with Gasteiger partial charge in [0.05, 0.1) is 7.11 Å². The fourth-order valence-electron chi connectivity index (χ4n) is 1.50. The van der Waals surface area contributed by atoms with E-state index in [1.54, 1.807) is 12.0 Å². The molecule has 0 atom stereocenters. The standard InChI is InChI=1S/C13H19NO2S/c1-14(13(15)8-10-17)9-7-11-3-5-12(16-2)6-4-11/h3-6,17H,7-10H2,1-2H3. The van der Waals surface area contributed by atoms with Crippen molar-refractivity contribution in [3.05, 3.63) is 29.8 Å². The van der Waals surface area contributed by atoms with Gasteiger partial charge in [-0.1, -0.05) is 12.1 Å². The molecule has 0 N–H and O–H groups in total. The number of ether oxygens (including phenoxy) is 1. The fourth-order valence-corrected chi connectivity index (χ4v) is 1.69. The second-order valence-corrected chi connectivity index (χ2v) is 4.33. The highest BCUT2D eigenvalue weighted by Crippen LogP contribution is 2.11. The van der Waals surface area contributed by atoms with Crippen LogP contribution in [0.15, 0.2) is 24.3 Å². The summed E-state index contributed by atoms with van der Waals surface area (Å²) in [6.45, 7) is 0.735. The van der Waals surface area contributed by atoms with E-state index in [9.17, 15) is 4.79 Å². The summed E-state index contributed by atoms with van der Waals surface area (Å²) in [4.78, 5) is 13.3. The number of carbonyl (C=O) groups excluding carboxylic acids is 1. The second kappa shape index (κ2) is 7.22. The third-order valence-electron chi connectivity index (χ3n) is 2.65. The molecule has 0 aromatic heterocycles. The van der Waals surface area contributed by atoms with E-state index in [0.717, 1.165) is 18.7 Å². The van der Waals surface area contributed by atoms with E-state index in [0.29, 0.717) is 12.2 Å². The molecule has 0 fully saturated rings. The molecule has 0 unspecified atom stereocenters. The molecule has 1 rings (SSSR count). The smallest absolute Gasteiger partial charge is 0.223 e. The number of carbonyl (C=O) groups is 1. The summed E-state index contributed by atoms with van der Waals surface area (Å²) in [5.74, 6) is 1.60. The molecular weight excluding hydrogens is 234 g/mol. The molecule has 0 heterocycles. The number of methoxy groups -OCH3 is 1. The average molecular weight is 253 g/mol. The van der Waals surface area contributed by atoms with E-state index >= 15 is 0 Å². The molecule has 4 heteroatoms. The lowest BCUT2D eigenvalue weighted by Gasteiger charge is -2.16. The van der Waals surface area contributed by atoms with Crippen LogP contribution in [0.2, 0.25) is 0 Å². The first-order chi connectivity index (χ1) is 8.17. The SMILES string of the molecule is COc1ccc(CCN(C)C(=O)CCS)cc1. The highest BCUT2D eigenvalue weighted by molar-refractivity contribution is 7.80. The quantitative estimate of drug-likeness (QED) is 0.786. The lowest BCUT2D eigenvalue weighted by molar-refractivity contribution is -0.129. The summed E-state index contributed by atoms with van der Waals surface area (Å²) in [5, 5.41) is 0. The minimum Gasteiger partial charge on any atom is -0.497 e. The zero-order chi connectivity index (χ0) is 12.7. The van der Waals surface area contributed by atoms with Crippen LogP contribution in [-0.4, -0.2) is 37.3 Å². The Kier molecular flexibility index (Phi) is 5.91. The summed E-state index contributed by atoms with van der Waals surface area (Å²) < 4.78 is 5.09. The van der Waals surface area contributed by atoms with Crippen molar-refractivity contribution in [1.82, 2.24) is 4.90 Å². The monoisotopic (exact) mass is 253 g/mol. The maximum Gasteiger partial charge on any atom is 0.223 e. The second-order valence-electron chi connectivity index (χ2n) is 3.89. The van der Waals surface area contributed by atoms with Crippen LogP contribution in [0.5, 0.6) is 5.75 Å². The molecule has 0 bridgehead atoms. The first-order valence-electron chi connectivity index (χ1n) is 5.65. The molecule has 0 aliphatic carbocycles. The van der Waals surface area contributed by atoms with Gasteiger partial charge in [-0.15, -0.1) is 0 Å². The Morgan fingerprint density at radius 2 is 2.00 bits per heavy atom. The summed E-state index contributed by atoms with van der Waals surface area (Å²) in [5.41, 5.74) is 1.20. The molecule has 1 aromatic carbocycles. The fraction of sp³-hybridized carbons (Fsp3) is 0.462. The minimum atomic E-state index is 0.147. The number of rotatable bonds is 6. The van der Waals surface area contributed by atoms with Crippen LogP contribution in [0, 0.1) is 0 Å². The number of likely N-dealkylation sites (N-methyl/N-ethyl adjacent to an activating group) is 1. The van der Waals surface area contributed by atoms with E-state index in [2.05, 4.69) is 12.6 Å². The molecule has 0 aliphatic heterocycles. The van der Waals surface area contributed by atoms with Gasteiger partial charge < -0.3 is 9.64 Å². The number of amides is 1. The minimum absolute atomic E-state index is 0.147. The molecule has 0 saturated heterocycles. The van der Waals surface area contributed by atoms with Crippen LogP contribution in [-0.2, 0) is 11.2 Å². The van der Waals surface area contributed by atoms with Crippen molar-refractivity contribution >= 4 is 18.5 Å². The van der Waals surface area contributed by atoms with E-state index in [4.69, 9.17) is 4.74 Å². The molecule has 94 valence electrons. The van der Waals surface area contributed by atoms with Crippen molar-refractivity contribution in [2.45, 2.75) is 12.8 Å². The summed E-state index contributed by atoms with van der Waals surface area (Å²) in [7, 11) is 3.48. The van der Waals surface area contributed by atoms with Crippen LogP contribution < -0.4 is 4.74 Å². The van der Waals surface area contributed by atoms with Crippen LogP contribution in [0.1, 0.15) is 12.0 Å². The Morgan fingerprint density at radius 1 is 1.35 bits per heavy atom. The number of nitrogens with zero attached hydrogens (tertiary/aromatic N) is 1. The van der Waals surface area contributed by atoms with Gasteiger partial charge in [0.15, 0.2) is 0 Å². The Bertz CT molecular complexity index is 351. The van der Waals surface area contributed by atoms with Gasteiger partial charge in [-0.2, -0.15) is 12.6 Å². The Hall–Kier alpha value is -1.16. The summed E-state index contributed by atoms with van der Waals surface area (Å²) >= 11 is 4.05. The Morgan fingerprint density at radius 3 is 2.53 bits per heavy atom. The number of hydrogen-bond acceptors (Lipinski definition) is 3. The molecule has 1 amide bonds. The van der Waals surface area contributed by atoms with E-state index in [1.807, 2.05) is 31.3 Å². The first kappa shape index (κ1) is 13.9. The average Bonchev–Trinajstić information content (AvgIpc) is 2.36. The maximum atomic E-state index is 11.5. The van der Waals surface area contributed by atoms with E-state index < -0.39 is 0 Å². The van der Waals surface area contributed by atoms with Gasteiger partial charge in [-0.05, 0) is 29.9 Å². The first-order valence-corrected chi connectivity index (χ1v) is 6.28. The summed E-state index contributed by atoms with van der Waals surface area (Å²) in [6, 6.07) is 7.92. The van der Waals surface area contributed by atoms with Crippen LogP contribution in [0.25, 0.3) is 0 Å². The summed E-state index contributed by atoms with van der Waals surface area (Å²) in [6.07, 6.45) is 1.36. The third-order valence-corrected chi connectivity index (χ3v) is 2.87. The largest absolute Gasteiger partial charge is 0.497 e. The molecule has 0 radical (unpaired) electrons. The van der Waals surface area contributed by atoms with Gasteiger partial charge in [0, 0.05) is 20.0 Å². The Balaban J connectivity index is 2.41. The highest BCUT2D eigenvalue weighted by atomic mass is 32.1. The predicted octanol–water partition coefficient (Wildman–Crippen LogP) is 2.02. The molecular formula is C13H19NO2S. The topological polar surface area (TPSA) is 29.5 Å². The van der Waals surface area contributed by atoms with Gasteiger partial charge in [-0.25, -0.2) is 0 Å². The predicted molar refractivity (Wildman–Crippen MR) is 72.8 cm³/mol. The molecule has 17 heavy (non-hydrogen) atoms. The van der Waals surface area contributed by atoms with Crippen molar-refractivity contribution in [3.63, 3.8) is 0 Å². The molecule has 0 saturated carbocycles. The van der Waals surface area contributed by atoms with E-state index in [-0.39, 0.29) is 5.91 Å². The van der Waals surface area contributed by atoms with Gasteiger partial charge in [0.1, 0.15) is 5.75 Å². The lowest BCUT2D eigenvalue weighted by atomic mass is 10.1. The van der Waals surface area contributed by atoms with Crippen LogP contribution >= 0.6 is 12.6 Å². The van der Waals surface area contributed by atoms with Crippen LogP contribution in [0.3, 0.4) is 0 Å². The van der Waals surface area contributed by atoms with Crippen molar-refractivity contribution in [1.29, 1.82) is 0 Å². The van der Waals surface area contributed by atoms with Crippen molar-refractivity contribution in [3.8, 4) is 5.75 Å². The number of hydrogen-bond donors (Lipinski definition) is 1. The molecule has 1 aromatic rings. The Labute approximate surface area is 108 Å². The van der Waals surface area contributed by atoms with E-state index in [1.165, 1.54) is 5.56 Å². The molecule has 3 nitrogen and oxygen atoms in total. The van der Waals surface area contributed by atoms with Crippen molar-refractivity contribution in [2.75, 3.05) is 26.5 Å². The zero-order valence-corrected chi connectivity index (χ0v) is 11.2. The molecule has 0 spiro atoms. The van der Waals surface area contributed by atoms with Gasteiger partial charge in [0.25, 0.3) is 0 Å². The zero-order valence-electron chi connectivity index (χ0n) is 10.3. The highest BCUT2D eigenvalue weighted by Gasteiger charge is 2.07. The number of benzene rings is 1. The molecule has 0 aliphatic rings. The normalized spacial score (nSPS) is 10.1. The third kappa shape index (κ3) is 4.69. The van der Waals surface area contributed by atoms with Gasteiger partial charge in [0.2, 0.25) is 5.91 Å². The van der Waals surface area contributed by atoms with Gasteiger partial charge in [-0.3, -0.25) is 4.79 Å². The van der Waals surface area contributed by atoms with Gasteiger partial charge >= 0.3 is 0 Å². The van der Waals surface area contributed by atoms with Crippen molar-refractivity contribution < 1.29 is 9.53 Å². The van der Waals surface area contributed by atoms with Crippen molar-refractivity contribution in [2.24, 2.45) is 0 Å². The maximum absolute atomic E-state index is 11.5. The van der Waals surface area contributed by atoms with Crippen LogP contribution in [0.4, 0.5) is 0 Å². The lowest BCUT2D eigenvalue weighted by Crippen LogP contribution is -2.28.